The number of benzene rings is 2. The normalized spacial score (nSPS) is 17.2. The molecule has 280 valence electrons. The average molecular weight is 760 g/mol. The molecule has 0 saturated carbocycles. The highest BCUT2D eigenvalue weighted by molar-refractivity contribution is 6.36. The van der Waals surface area contributed by atoms with Crippen LogP contribution in [-0.2, 0) is 28.9 Å². The second-order valence-electron chi connectivity index (χ2n) is 13.4. The number of fused-ring (bicyclic) bond motifs is 1. The molecule has 2 saturated heterocycles. The number of carbonyl (C=O) groups excluding carboxylic acids is 2. The van der Waals surface area contributed by atoms with E-state index in [9.17, 15) is 14.4 Å². The van der Waals surface area contributed by atoms with Crippen LogP contribution in [0.25, 0.3) is 39.2 Å². The smallest absolute Gasteiger partial charge is 0.417 e. The Kier molecular flexibility index (Phi) is 10.7. The molecule has 54 heavy (non-hydrogen) atoms. The summed E-state index contributed by atoms with van der Waals surface area (Å²) in [6, 6.07) is 15.7. The summed E-state index contributed by atoms with van der Waals surface area (Å²) in [6.45, 7) is 1.67. The third-order valence-electron chi connectivity index (χ3n) is 9.72. The third kappa shape index (κ3) is 7.81. The topological polar surface area (TPSA) is 139 Å². The maximum Gasteiger partial charge on any atom is 0.417 e. The zero-order valence-corrected chi connectivity index (χ0v) is 30.0. The first kappa shape index (κ1) is 37.0. The molecule has 0 unspecified atom stereocenters. The van der Waals surface area contributed by atoms with E-state index in [1.807, 2.05) is 0 Å². The minimum absolute atomic E-state index is 0.0119. The number of amides is 2. The van der Waals surface area contributed by atoms with Crippen molar-refractivity contribution < 1.29 is 27.5 Å². The monoisotopic (exact) mass is 759 g/mol. The van der Waals surface area contributed by atoms with Crippen molar-refractivity contribution in [2.45, 2.75) is 57.0 Å². The number of carbonyl (C=O) groups is 2. The first-order valence-electron chi connectivity index (χ1n) is 17.5. The predicted molar refractivity (Wildman–Crippen MR) is 198 cm³/mol. The van der Waals surface area contributed by atoms with Crippen LogP contribution in [0.15, 0.2) is 77.9 Å². The lowest BCUT2D eigenvalue weighted by Gasteiger charge is -2.20. The quantitative estimate of drug-likeness (QED) is 0.131. The summed E-state index contributed by atoms with van der Waals surface area (Å²) < 4.78 is 52.0. The zero-order valence-electron chi connectivity index (χ0n) is 29.2. The predicted octanol–water partition coefficient (Wildman–Crippen LogP) is 5.51. The first-order chi connectivity index (χ1) is 26.0. The number of methoxy groups -OCH3 is 1. The molecule has 15 heteroatoms. The van der Waals surface area contributed by atoms with Crippen molar-refractivity contribution in [3.05, 3.63) is 105 Å². The van der Waals surface area contributed by atoms with Crippen LogP contribution < -0.4 is 31.6 Å². The molecule has 5 heterocycles. The maximum absolute atomic E-state index is 15.1. The van der Waals surface area contributed by atoms with E-state index in [1.54, 1.807) is 36.5 Å². The van der Waals surface area contributed by atoms with E-state index in [-0.39, 0.29) is 69.3 Å². The molecule has 11 nitrogen and oxygen atoms in total. The van der Waals surface area contributed by atoms with Gasteiger partial charge < -0.3 is 26.0 Å². The minimum Gasteiger partial charge on any atom is -0.481 e. The van der Waals surface area contributed by atoms with Gasteiger partial charge in [-0.2, -0.15) is 13.2 Å². The highest BCUT2D eigenvalue weighted by Gasteiger charge is 2.38. The van der Waals surface area contributed by atoms with Crippen molar-refractivity contribution in [2.24, 2.45) is 0 Å². The standard InChI is InChI=1S/C39H37ClF3N7O4/c1-54-37-23(17-44-20-25-9-12-33(51)47-25)8-11-31(49-37)30-7-3-5-28(35(30)39(41,42)43)29-6-2-4-27(36(29)40)22-14-15-50-32(16-22)46-19-24(38(50)53)18-45-21-26-10-13-34(52)48-26/h2-8,11,14-16,19,25-26,44-45H,9-10,12-13,17-18,20-21H2,1H3,(H,47,51)(H,48,52)/t25-,26-/m0/s1. The van der Waals surface area contributed by atoms with Gasteiger partial charge in [0.25, 0.3) is 5.56 Å². The number of ether oxygens (including phenoxy) is 1. The molecular formula is C39H37ClF3N7O4. The van der Waals surface area contributed by atoms with E-state index in [0.29, 0.717) is 60.4 Å². The molecule has 7 rings (SSSR count). The van der Waals surface area contributed by atoms with Crippen LogP contribution in [0.1, 0.15) is 42.4 Å². The molecule has 2 aromatic carbocycles. The van der Waals surface area contributed by atoms with Crippen LogP contribution >= 0.6 is 11.6 Å². The molecule has 3 aromatic heterocycles. The fourth-order valence-corrected chi connectivity index (χ4v) is 7.35. The summed E-state index contributed by atoms with van der Waals surface area (Å²) in [5.74, 6) is 0.210. The van der Waals surface area contributed by atoms with Gasteiger partial charge in [0, 0.05) is 91.3 Å². The minimum atomic E-state index is -4.78. The Morgan fingerprint density at radius 1 is 0.852 bits per heavy atom. The van der Waals surface area contributed by atoms with Gasteiger partial charge in [-0.15, -0.1) is 0 Å². The largest absolute Gasteiger partial charge is 0.481 e. The van der Waals surface area contributed by atoms with Gasteiger partial charge in [0.1, 0.15) is 5.65 Å². The van der Waals surface area contributed by atoms with Gasteiger partial charge >= 0.3 is 6.18 Å². The van der Waals surface area contributed by atoms with E-state index >= 15 is 13.2 Å². The number of nitrogens with one attached hydrogen (secondary N) is 4. The highest BCUT2D eigenvalue weighted by Crippen LogP contribution is 2.46. The summed E-state index contributed by atoms with van der Waals surface area (Å²) in [5, 5.41) is 12.3. The van der Waals surface area contributed by atoms with Crippen LogP contribution in [0.4, 0.5) is 13.2 Å². The van der Waals surface area contributed by atoms with Gasteiger partial charge in [0.05, 0.1) is 23.4 Å². The Morgan fingerprint density at radius 2 is 1.48 bits per heavy atom. The van der Waals surface area contributed by atoms with Crippen LogP contribution in [-0.4, -0.2) is 58.5 Å². The van der Waals surface area contributed by atoms with Crippen molar-refractivity contribution >= 4 is 29.1 Å². The van der Waals surface area contributed by atoms with Gasteiger partial charge in [-0.25, -0.2) is 9.97 Å². The first-order valence-corrected chi connectivity index (χ1v) is 17.9. The second kappa shape index (κ2) is 15.6. The van der Waals surface area contributed by atoms with Gasteiger partial charge in [0.15, 0.2) is 0 Å². The molecule has 2 fully saturated rings. The summed E-state index contributed by atoms with van der Waals surface area (Å²) in [4.78, 5) is 45.2. The number of halogens is 4. The number of hydrogen-bond acceptors (Lipinski definition) is 8. The SMILES string of the molecule is COc1nc(-c2cccc(-c3cccc(-c4ccn5c(=O)c(CNC[C@@H]6CCC(=O)N6)cnc5c4)c3Cl)c2C(F)(F)F)ccc1CNC[C@@H]1CCC(=O)N1. The van der Waals surface area contributed by atoms with E-state index in [0.717, 1.165) is 12.8 Å². The Morgan fingerprint density at radius 3 is 2.11 bits per heavy atom. The van der Waals surface area contributed by atoms with Crippen LogP contribution in [0.3, 0.4) is 0 Å². The third-order valence-corrected chi connectivity index (χ3v) is 10.1. The molecule has 2 aliphatic rings. The van der Waals surface area contributed by atoms with Crippen LogP contribution in [0, 0.1) is 0 Å². The van der Waals surface area contributed by atoms with Crippen LogP contribution in [0.2, 0.25) is 5.02 Å². The zero-order chi connectivity index (χ0) is 38.0. The lowest BCUT2D eigenvalue weighted by Crippen LogP contribution is -2.36. The van der Waals surface area contributed by atoms with E-state index in [2.05, 4.69) is 31.2 Å². The average Bonchev–Trinajstić information content (AvgIpc) is 3.78. The molecule has 5 aromatic rings. The summed E-state index contributed by atoms with van der Waals surface area (Å²) >= 11 is 6.94. The fraction of sp³-hybridized carbons (Fsp3) is 0.308. The van der Waals surface area contributed by atoms with Crippen molar-refractivity contribution in [2.75, 3.05) is 20.2 Å². The number of hydrogen-bond donors (Lipinski definition) is 4. The summed E-state index contributed by atoms with van der Waals surface area (Å²) in [5.41, 5.74) is 1.27. The fourth-order valence-electron chi connectivity index (χ4n) is 7.01. The Bertz CT molecular complexity index is 2300. The molecule has 0 bridgehead atoms. The second-order valence-corrected chi connectivity index (χ2v) is 13.7. The molecule has 2 amide bonds. The Hall–Kier alpha value is -5.31. The number of aromatic nitrogens is 3. The molecule has 4 N–H and O–H groups in total. The lowest BCUT2D eigenvalue weighted by atomic mass is 9.91. The molecule has 2 aliphatic heterocycles. The van der Waals surface area contributed by atoms with E-state index in [4.69, 9.17) is 16.3 Å². The lowest BCUT2D eigenvalue weighted by molar-refractivity contribution is -0.136. The van der Waals surface area contributed by atoms with Crippen LogP contribution in [0.5, 0.6) is 5.88 Å². The molecule has 0 radical (unpaired) electrons. The van der Waals surface area contributed by atoms with Crippen molar-refractivity contribution in [3.8, 4) is 39.4 Å². The van der Waals surface area contributed by atoms with Gasteiger partial charge in [-0.3, -0.25) is 18.8 Å². The van der Waals surface area contributed by atoms with Crippen molar-refractivity contribution in [1.82, 2.24) is 35.6 Å². The molecule has 2 atom stereocenters. The van der Waals surface area contributed by atoms with Gasteiger partial charge in [0.2, 0.25) is 17.7 Å². The summed E-state index contributed by atoms with van der Waals surface area (Å²) in [7, 11) is 1.41. The highest BCUT2D eigenvalue weighted by atomic mass is 35.5. The van der Waals surface area contributed by atoms with Gasteiger partial charge in [-0.1, -0.05) is 54.1 Å². The Labute approximate surface area is 313 Å². The van der Waals surface area contributed by atoms with Crippen molar-refractivity contribution in [3.63, 3.8) is 0 Å². The number of rotatable bonds is 12. The molecule has 0 aliphatic carbocycles. The molecular weight excluding hydrogens is 723 g/mol. The van der Waals surface area contributed by atoms with Gasteiger partial charge in [-0.05, 0) is 42.2 Å². The number of nitrogens with zero attached hydrogens (tertiary/aromatic N) is 3. The Balaban J connectivity index is 1.16. The molecule has 0 spiro atoms. The number of pyridine rings is 2. The van der Waals surface area contributed by atoms with Crippen molar-refractivity contribution in [1.29, 1.82) is 0 Å². The maximum atomic E-state index is 15.1. The summed E-state index contributed by atoms with van der Waals surface area (Å²) in [6.07, 6.45) is 0.715. The van der Waals surface area contributed by atoms with E-state index in [1.165, 1.54) is 48.0 Å². The number of alkyl halides is 3. The van der Waals surface area contributed by atoms with E-state index < -0.39 is 11.7 Å².